The number of amides is 2. The second-order valence-electron chi connectivity index (χ2n) is 19.7. The first-order chi connectivity index (χ1) is 32.4. The molecule has 68 heavy (non-hydrogen) atoms. The Bertz CT molecular complexity index is 2340. The summed E-state index contributed by atoms with van der Waals surface area (Å²) in [4.78, 5) is 46.4. The molecule has 0 bridgehead atoms. The lowest BCUT2D eigenvalue weighted by molar-refractivity contribution is -0.154. The van der Waals surface area contributed by atoms with Crippen LogP contribution in [0.2, 0.25) is 5.02 Å². The summed E-state index contributed by atoms with van der Waals surface area (Å²) in [7, 11) is 0. The molecule has 0 spiro atoms. The number of aliphatic hydroxyl groups is 2. The van der Waals surface area contributed by atoms with Crippen LogP contribution in [0.15, 0.2) is 59.2 Å². The molecule has 3 aromatic carbocycles. The van der Waals surface area contributed by atoms with Crippen molar-refractivity contribution < 1.29 is 48.3 Å². The van der Waals surface area contributed by atoms with Crippen LogP contribution in [-0.4, -0.2) is 136 Å². The molecule has 3 heterocycles. The summed E-state index contributed by atoms with van der Waals surface area (Å²) in [5.41, 5.74) is 3.31. The lowest BCUT2D eigenvalue weighted by Gasteiger charge is -2.33. The van der Waals surface area contributed by atoms with Gasteiger partial charge >= 0.3 is 12.1 Å². The molecule has 2 saturated heterocycles. The van der Waals surface area contributed by atoms with E-state index in [-0.39, 0.29) is 79.9 Å². The van der Waals surface area contributed by atoms with Crippen molar-refractivity contribution in [3.63, 3.8) is 0 Å². The van der Waals surface area contributed by atoms with Gasteiger partial charge in [0.05, 0.1) is 48.7 Å². The van der Waals surface area contributed by atoms with Gasteiger partial charge in [0.15, 0.2) is 12.6 Å². The fraction of sp³-hybridized carbons (Fsp3) is 0.569. The van der Waals surface area contributed by atoms with E-state index >= 15 is 0 Å². The number of hydrogen-bond acceptors (Lipinski definition) is 12. The van der Waals surface area contributed by atoms with Crippen LogP contribution >= 0.6 is 27.5 Å². The Hall–Kier alpha value is -4.45. The normalized spacial score (nSPS) is 17.0. The molecule has 0 unspecified atom stereocenters. The number of aryl methyl sites for hydroxylation is 1. The third-order valence-corrected chi connectivity index (χ3v) is 12.9. The molecule has 372 valence electrons. The van der Waals surface area contributed by atoms with E-state index in [0.717, 1.165) is 77.5 Å². The second kappa shape index (κ2) is 24.4. The van der Waals surface area contributed by atoms with Gasteiger partial charge in [0.2, 0.25) is 0 Å². The van der Waals surface area contributed by atoms with E-state index in [1.165, 1.54) is 9.80 Å². The highest BCUT2D eigenvalue weighted by Gasteiger charge is 2.36. The van der Waals surface area contributed by atoms with Crippen LogP contribution in [-0.2, 0) is 43.5 Å². The molecule has 3 atom stereocenters. The Labute approximate surface area is 414 Å². The van der Waals surface area contributed by atoms with Crippen molar-refractivity contribution in [1.29, 1.82) is 0 Å². The molecule has 2 fully saturated rings. The number of nitrogens with zero attached hydrogens (tertiary/aromatic N) is 5. The molecular formula is C51H69BrClN5O10. The highest BCUT2D eigenvalue weighted by molar-refractivity contribution is 9.10. The Balaban J connectivity index is 1.26. The van der Waals surface area contributed by atoms with Crippen molar-refractivity contribution in [1.82, 2.24) is 24.5 Å². The number of rotatable bonds is 22. The number of likely N-dealkylation sites (tertiary alicyclic amines) is 2. The van der Waals surface area contributed by atoms with Gasteiger partial charge in [0.1, 0.15) is 23.7 Å². The first-order valence-corrected chi connectivity index (χ1v) is 24.9. The van der Waals surface area contributed by atoms with Crippen molar-refractivity contribution in [3.8, 4) is 22.6 Å². The molecule has 0 radical (unpaired) electrons. The van der Waals surface area contributed by atoms with Crippen molar-refractivity contribution in [2.45, 2.75) is 118 Å². The highest BCUT2D eigenvalue weighted by Crippen LogP contribution is 2.38. The summed E-state index contributed by atoms with van der Waals surface area (Å²) in [5.74, 6) is -0.344. The number of carbonyl (C=O) groups excluding carboxylic acids is 3. The Morgan fingerprint density at radius 2 is 1.57 bits per heavy atom. The topological polar surface area (TPSA) is 165 Å². The zero-order chi connectivity index (χ0) is 49.1. The van der Waals surface area contributed by atoms with Gasteiger partial charge in [-0.25, -0.2) is 9.59 Å². The van der Waals surface area contributed by atoms with Gasteiger partial charge in [-0.15, -0.1) is 0 Å². The molecule has 2 amide bonds. The summed E-state index contributed by atoms with van der Waals surface area (Å²) in [6.45, 7) is 16.9. The fourth-order valence-corrected chi connectivity index (χ4v) is 9.01. The summed E-state index contributed by atoms with van der Waals surface area (Å²) in [6.07, 6.45) is 3.61. The van der Waals surface area contributed by atoms with Gasteiger partial charge in [-0.2, -0.15) is 5.10 Å². The predicted molar refractivity (Wildman–Crippen MR) is 265 cm³/mol. The van der Waals surface area contributed by atoms with Crippen molar-refractivity contribution in [3.05, 3.63) is 75.4 Å². The number of fused-ring (bicyclic) bond motifs is 1. The van der Waals surface area contributed by atoms with Gasteiger partial charge in [-0.1, -0.05) is 69.6 Å². The highest BCUT2D eigenvalue weighted by atomic mass is 79.9. The zero-order valence-electron chi connectivity index (χ0n) is 40.5. The molecule has 2 N–H and O–H groups in total. The molecule has 15 nitrogen and oxygen atoms in total. The second-order valence-corrected chi connectivity index (χ2v) is 20.9. The lowest BCUT2D eigenvalue weighted by atomic mass is 10.00. The predicted octanol–water partition coefficient (Wildman–Crippen LogP) is 8.49. The number of halogens is 2. The molecule has 0 aliphatic carbocycles. The van der Waals surface area contributed by atoms with Crippen LogP contribution < -0.4 is 9.47 Å². The smallest absolute Gasteiger partial charge is 0.411 e. The third kappa shape index (κ3) is 14.8. The maximum absolute atomic E-state index is 14.1. The summed E-state index contributed by atoms with van der Waals surface area (Å²) in [6, 6.07) is 14.1. The van der Waals surface area contributed by atoms with E-state index in [2.05, 4.69) is 37.6 Å². The SMILES string of the molecule is CC(C)COC[C@@H](C(=O)OCC(C)C)N(Cc1cc(Cl)c(OCc2cccc(-c3cccc4c3cnn4CCCCN3CC[C@@H](O)C3)c2Br)cc1OCC(=O)N1CC[C@@H](O)C1)C(=O)OC(C)(C)C. The molecule has 6 rings (SSSR count). The summed E-state index contributed by atoms with van der Waals surface area (Å²) < 4.78 is 33.1. The van der Waals surface area contributed by atoms with E-state index in [1.54, 1.807) is 32.9 Å². The minimum Gasteiger partial charge on any atom is -0.487 e. The first-order valence-electron chi connectivity index (χ1n) is 23.8. The summed E-state index contributed by atoms with van der Waals surface area (Å²) in [5, 5.41) is 26.0. The molecule has 2 aliphatic heterocycles. The van der Waals surface area contributed by atoms with E-state index in [0.29, 0.717) is 25.1 Å². The standard InChI is InChI=1S/C51H69BrClN5O10/c1-33(2)28-64-31-44(49(62)67-29-34(3)4)57(50(63)68-51(5,6)7)25-36-22-42(53)46(23-45(36)66-32-47(61)56-21-17-38(60)27-56)65-30-35-12-10-14-40(48(35)52)39-13-11-15-43-41(39)24-54-58(43)19-9-8-18-55-20-16-37(59)26-55/h10-15,22-24,33-34,37-38,44,59-60H,8-9,16-21,25-32H2,1-7H3/t37-,38-,44+/m1/s1. The number of benzene rings is 3. The number of hydrogen-bond donors (Lipinski definition) is 2. The molecule has 0 saturated carbocycles. The number of aliphatic hydroxyl groups excluding tert-OH is 2. The van der Waals surface area contributed by atoms with Gasteiger partial charge in [0, 0.05) is 66.4 Å². The van der Waals surface area contributed by atoms with E-state index in [4.69, 9.17) is 40.4 Å². The first kappa shape index (κ1) is 52.9. The quantitative estimate of drug-likeness (QED) is 0.0571. The van der Waals surface area contributed by atoms with Crippen LogP contribution in [0.4, 0.5) is 4.79 Å². The molecule has 2 aliphatic rings. The van der Waals surface area contributed by atoms with Crippen molar-refractivity contribution in [2.75, 3.05) is 59.2 Å². The summed E-state index contributed by atoms with van der Waals surface area (Å²) >= 11 is 10.9. The van der Waals surface area contributed by atoms with Crippen LogP contribution in [0.3, 0.4) is 0 Å². The van der Waals surface area contributed by atoms with Crippen LogP contribution in [0, 0.1) is 11.8 Å². The largest absolute Gasteiger partial charge is 0.487 e. The maximum atomic E-state index is 14.1. The van der Waals surface area contributed by atoms with Crippen molar-refractivity contribution >= 4 is 56.4 Å². The van der Waals surface area contributed by atoms with E-state index in [9.17, 15) is 24.6 Å². The number of carbonyl (C=O) groups is 3. The average Bonchev–Trinajstić information content (AvgIpc) is 4.03. The number of ether oxygens (including phenoxy) is 5. The van der Waals surface area contributed by atoms with Crippen LogP contribution in [0.25, 0.3) is 22.0 Å². The average molecular weight is 1030 g/mol. The zero-order valence-corrected chi connectivity index (χ0v) is 42.9. The minimum atomic E-state index is -1.20. The molecule has 1 aromatic heterocycles. The molecular weight excluding hydrogens is 958 g/mol. The van der Waals surface area contributed by atoms with Gasteiger partial charge in [-0.05, 0) is 104 Å². The maximum Gasteiger partial charge on any atom is 0.411 e. The van der Waals surface area contributed by atoms with Crippen LogP contribution in [0.1, 0.15) is 85.3 Å². The van der Waals surface area contributed by atoms with Gasteiger partial charge in [-0.3, -0.25) is 14.4 Å². The van der Waals surface area contributed by atoms with Crippen molar-refractivity contribution in [2.24, 2.45) is 11.8 Å². The van der Waals surface area contributed by atoms with Gasteiger partial charge in [0.25, 0.3) is 5.91 Å². The Kier molecular flexibility index (Phi) is 19.0. The number of unbranched alkanes of at least 4 members (excludes halogenated alkanes) is 1. The number of esters is 1. The third-order valence-electron chi connectivity index (χ3n) is 11.7. The monoisotopic (exact) mass is 1030 g/mol. The fourth-order valence-electron chi connectivity index (χ4n) is 8.18. The Morgan fingerprint density at radius 1 is 0.868 bits per heavy atom. The van der Waals surface area contributed by atoms with Gasteiger partial charge < -0.3 is 43.7 Å². The van der Waals surface area contributed by atoms with Crippen LogP contribution in [0.5, 0.6) is 11.5 Å². The van der Waals surface area contributed by atoms with E-state index < -0.39 is 29.8 Å². The lowest BCUT2D eigenvalue weighted by Crippen LogP contribution is -2.50. The Morgan fingerprint density at radius 3 is 2.26 bits per heavy atom. The van der Waals surface area contributed by atoms with E-state index in [1.807, 2.05) is 58.2 Å². The number of aromatic nitrogens is 2. The molecule has 4 aromatic rings. The number of β-amino-alcohol motifs (C(OH)–C–C–N with tert-alkyl or cyclic N) is 2. The minimum absolute atomic E-state index is 0.0391. The molecule has 17 heteroatoms.